The first-order valence-electron chi connectivity index (χ1n) is 8.91. The summed E-state index contributed by atoms with van der Waals surface area (Å²) in [6.07, 6.45) is 3.95. The van der Waals surface area contributed by atoms with Gasteiger partial charge in [0.2, 0.25) is 0 Å². The number of aromatic amines is 1. The lowest BCUT2D eigenvalue weighted by atomic mass is 9.96. The fourth-order valence-electron chi connectivity index (χ4n) is 2.75. The number of rotatable bonds is 9. The quantitative estimate of drug-likeness (QED) is 0.404. The van der Waals surface area contributed by atoms with Crippen molar-refractivity contribution in [2.24, 2.45) is 11.8 Å². The molecule has 0 aliphatic rings. The molecule has 2 aromatic rings. The molecule has 0 fully saturated rings. The third-order valence-corrected chi connectivity index (χ3v) is 4.94. The molecule has 138 valence electrons. The number of H-pyrrole nitrogens is 1. The van der Waals surface area contributed by atoms with Crippen LogP contribution in [0.4, 0.5) is 0 Å². The van der Waals surface area contributed by atoms with Crippen molar-refractivity contribution in [3.05, 3.63) is 46.1 Å². The van der Waals surface area contributed by atoms with E-state index < -0.39 is 0 Å². The minimum atomic E-state index is 0.0422. The lowest BCUT2D eigenvalue weighted by molar-refractivity contribution is 0.303. The third-order valence-electron chi connectivity index (χ3n) is 3.73. The molecule has 2 rings (SSSR count). The van der Waals surface area contributed by atoms with Crippen LogP contribution in [0.25, 0.3) is 0 Å². The summed E-state index contributed by atoms with van der Waals surface area (Å²) in [5, 5.41) is 0. The van der Waals surface area contributed by atoms with Gasteiger partial charge >= 0.3 is 0 Å². The standard InChI is InChI=1S/C20H29NO2S2/c1-13(2)8-16-6-7-19(17(10-16)9-14(3)4)22-15(5)25-12-18-11-21-20(24)23-18/h6-7,10-11,13-15H,8-9,12H2,1-5H3,(H,21,24). The molecular weight excluding hydrogens is 350 g/mol. The molecule has 5 heteroatoms. The molecule has 1 unspecified atom stereocenters. The summed E-state index contributed by atoms with van der Waals surface area (Å²) in [4.78, 5) is 3.31. The Balaban J connectivity index is 2.03. The van der Waals surface area contributed by atoms with Gasteiger partial charge in [-0.1, -0.05) is 39.8 Å². The lowest BCUT2D eigenvalue weighted by Crippen LogP contribution is -2.10. The average Bonchev–Trinajstić information content (AvgIpc) is 2.92. The number of aromatic nitrogens is 1. The highest BCUT2D eigenvalue weighted by Gasteiger charge is 2.13. The molecule has 0 spiro atoms. The second kappa shape index (κ2) is 9.48. The van der Waals surface area contributed by atoms with Crippen molar-refractivity contribution >= 4 is 24.0 Å². The zero-order valence-corrected chi connectivity index (χ0v) is 17.4. The van der Waals surface area contributed by atoms with Crippen molar-refractivity contribution < 1.29 is 9.15 Å². The SMILES string of the molecule is CC(C)Cc1ccc(OC(C)SCc2c[nH]c(=S)o2)c(CC(C)C)c1. The van der Waals surface area contributed by atoms with Gasteiger partial charge < -0.3 is 14.1 Å². The Labute approximate surface area is 160 Å². The summed E-state index contributed by atoms with van der Waals surface area (Å²) in [6, 6.07) is 6.65. The van der Waals surface area contributed by atoms with Crippen LogP contribution in [0.15, 0.2) is 28.8 Å². The van der Waals surface area contributed by atoms with Crippen LogP contribution < -0.4 is 4.74 Å². The van der Waals surface area contributed by atoms with Crippen molar-refractivity contribution in [1.29, 1.82) is 0 Å². The zero-order valence-electron chi connectivity index (χ0n) is 15.8. The monoisotopic (exact) mass is 379 g/mol. The van der Waals surface area contributed by atoms with E-state index in [1.54, 1.807) is 11.8 Å². The van der Waals surface area contributed by atoms with Crippen LogP contribution in [-0.2, 0) is 18.6 Å². The first-order valence-corrected chi connectivity index (χ1v) is 10.4. The summed E-state index contributed by atoms with van der Waals surface area (Å²) in [7, 11) is 0. The Morgan fingerprint density at radius 1 is 1.12 bits per heavy atom. The highest BCUT2D eigenvalue weighted by atomic mass is 32.2. The molecule has 0 aliphatic heterocycles. The molecule has 3 nitrogen and oxygen atoms in total. The number of benzene rings is 1. The van der Waals surface area contributed by atoms with Crippen LogP contribution in [0.3, 0.4) is 0 Å². The van der Waals surface area contributed by atoms with Gasteiger partial charge in [-0.25, -0.2) is 0 Å². The Morgan fingerprint density at radius 3 is 2.44 bits per heavy atom. The molecule has 0 amide bonds. The van der Waals surface area contributed by atoms with Crippen LogP contribution >= 0.6 is 24.0 Å². The zero-order chi connectivity index (χ0) is 18.4. The Bertz CT molecular complexity index is 718. The van der Waals surface area contributed by atoms with Gasteiger partial charge in [-0.3, -0.25) is 0 Å². The van der Waals surface area contributed by atoms with Gasteiger partial charge in [-0.05, 0) is 61.0 Å². The third kappa shape index (κ3) is 6.90. The molecule has 1 atom stereocenters. The van der Waals surface area contributed by atoms with Crippen molar-refractivity contribution in [3.8, 4) is 5.75 Å². The Kier molecular flexibility index (Phi) is 7.63. The van der Waals surface area contributed by atoms with E-state index in [9.17, 15) is 0 Å². The Morgan fingerprint density at radius 2 is 1.84 bits per heavy atom. The van der Waals surface area contributed by atoms with E-state index in [0.717, 1.165) is 30.1 Å². The molecule has 1 heterocycles. The molecule has 25 heavy (non-hydrogen) atoms. The van der Waals surface area contributed by atoms with Gasteiger partial charge in [0.1, 0.15) is 16.9 Å². The maximum atomic E-state index is 6.22. The number of thioether (sulfide) groups is 1. The maximum Gasteiger partial charge on any atom is 0.266 e. The summed E-state index contributed by atoms with van der Waals surface area (Å²) < 4.78 is 11.6. The lowest BCUT2D eigenvalue weighted by Gasteiger charge is -2.19. The first kappa shape index (κ1) is 20.1. The van der Waals surface area contributed by atoms with Gasteiger partial charge in [0.25, 0.3) is 4.84 Å². The second-order valence-corrected chi connectivity index (χ2v) is 8.94. The smallest absolute Gasteiger partial charge is 0.266 e. The summed E-state index contributed by atoms with van der Waals surface area (Å²) >= 11 is 6.65. The largest absolute Gasteiger partial charge is 0.480 e. The molecule has 1 aromatic carbocycles. The molecular formula is C20H29NO2S2. The van der Waals surface area contributed by atoms with E-state index in [1.165, 1.54) is 11.1 Å². The molecule has 1 aromatic heterocycles. The van der Waals surface area contributed by atoms with Crippen LogP contribution in [0.1, 0.15) is 51.5 Å². The number of ether oxygens (including phenoxy) is 1. The first-order chi connectivity index (χ1) is 11.8. The van der Waals surface area contributed by atoms with E-state index in [-0.39, 0.29) is 5.44 Å². The number of hydrogen-bond acceptors (Lipinski definition) is 4. The summed E-state index contributed by atoms with van der Waals surface area (Å²) in [6.45, 7) is 11.1. The second-order valence-electron chi connectivity index (χ2n) is 7.28. The summed E-state index contributed by atoms with van der Waals surface area (Å²) in [5.74, 6) is 3.84. The number of oxazole rings is 1. The van der Waals surface area contributed by atoms with Crippen molar-refractivity contribution in [3.63, 3.8) is 0 Å². The molecule has 1 N–H and O–H groups in total. The molecule has 0 saturated heterocycles. The maximum absolute atomic E-state index is 6.22. The molecule has 0 saturated carbocycles. The van der Waals surface area contributed by atoms with Crippen molar-refractivity contribution in [2.75, 3.05) is 0 Å². The topological polar surface area (TPSA) is 38.2 Å². The van der Waals surface area contributed by atoms with Gasteiger partial charge in [0, 0.05) is 6.20 Å². The van der Waals surface area contributed by atoms with Crippen molar-refractivity contribution in [2.45, 2.75) is 58.6 Å². The predicted molar refractivity (Wildman–Crippen MR) is 109 cm³/mol. The fraction of sp³-hybridized carbons (Fsp3) is 0.550. The minimum absolute atomic E-state index is 0.0422. The van der Waals surface area contributed by atoms with Crippen LogP contribution in [0.2, 0.25) is 0 Å². The number of hydrogen-bond donors (Lipinski definition) is 1. The van der Waals surface area contributed by atoms with Crippen LogP contribution in [-0.4, -0.2) is 10.4 Å². The van der Waals surface area contributed by atoms with Gasteiger partial charge in [-0.2, -0.15) is 0 Å². The normalized spacial score (nSPS) is 12.8. The predicted octanol–water partition coefficient (Wildman–Crippen LogP) is 6.39. The molecule has 0 bridgehead atoms. The van der Waals surface area contributed by atoms with Gasteiger partial charge in [-0.15, -0.1) is 11.8 Å². The molecule has 0 aliphatic carbocycles. The minimum Gasteiger partial charge on any atom is -0.480 e. The fourth-order valence-corrected chi connectivity index (χ4v) is 3.63. The number of nitrogens with one attached hydrogen (secondary N) is 1. The van der Waals surface area contributed by atoms with E-state index in [4.69, 9.17) is 21.4 Å². The Hall–Kier alpha value is -1.20. The average molecular weight is 380 g/mol. The van der Waals surface area contributed by atoms with Crippen molar-refractivity contribution in [1.82, 2.24) is 4.98 Å². The highest BCUT2D eigenvalue weighted by molar-refractivity contribution is 7.98. The van der Waals surface area contributed by atoms with E-state index in [1.807, 2.05) is 6.20 Å². The van der Waals surface area contributed by atoms with Crippen LogP contribution in [0.5, 0.6) is 5.75 Å². The van der Waals surface area contributed by atoms with E-state index >= 15 is 0 Å². The van der Waals surface area contributed by atoms with Gasteiger partial charge in [0.05, 0.1) is 5.75 Å². The highest BCUT2D eigenvalue weighted by Crippen LogP contribution is 2.28. The molecule has 0 radical (unpaired) electrons. The van der Waals surface area contributed by atoms with Gasteiger partial charge in [0.15, 0.2) is 0 Å². The van der Waals surface area contributed by atoms with E-state index in [2.05, 4.69) is 57.8 Å². The summed E-state index contributed by atoms with van der Waals surface area (Å²) in [5.41, 5.74) is 2.74. The van der Waals surface area contributed by atoms with E-state index in [0.29, 0.717) is 16.7 Å². The van der Waals surface area contributed by atoms with Crippen LogP contribution in [0, 0.1) is 16.7 Å².